The Morgan fingerprint density at radius 1 is 1.36 bits per heavy atom. The summed E-state index contributed by atoms with van der Waals surface area (Å²) < 4.78 is 5.77. The smallest absolute Gasteiger partial charge is 0.221 e. The van der Waals surface area contributed by atoms with Gasteiger partial charge in [0.05, 0.1) is 6.54 Å². The van der Waals surface area contributed by atoms with Gasteiger partial charge in [0, 0.05) is 50.4 Å². The van der Waals surface area contributed by atoms with Gasteiger partial charge in [0.1, 0.15) is 12.4 Å². The summed E-state index contributed by atoms with van der Waals surface area (Å²) in [7, 11) is 0. The number of aliphatic imine (C=N–C) groups is 1. The predicted molar refractivity (Wildman–Crippen MR) is 115 cm³/mol. The molecule has 0 radical (unpaired) electrons. The molecule has 1 amide bonds. The van der Waals surface area contributed by atoms with Gasteiger partial charge >= 0.3 is 0 Å². The molecule has 3 N–H and O–H groups in total. The van der Waals surface area contributed by atoms with Crippen LogP contribution in [-0.2, 0) is 4.79 Å². The van der Waals surface area contributed by atoms with E-state index in [-0.39, 0.29) is 5.91 Å². The van der Waals surface area contributed by atoms with E-state index in [4.69, 9.17) is 4.74 Å². The Bertz CT molecular complexity index is 662. The van der Waals surface area contributed by atoms with E-state index in [0.717, 1.165) is 37.0 Å². The number of rotatable bonds is 8. The second kappa shape index (κ2) is 10.9. The lowest BCUT2D eigenvalue weighted by atomic mass is 10.1. The number of hydrogen-bond acceptors (Lipinski definition) is 4. The van der Waals surface area contributed by atoms with Crippen LogP contribution in [0.3, 0.4) is 0 Å². The summed E-state index contributed by atoms with van der Waals surface area (Å²) in [6.07, 6.45) is 0. The summed E-state index contributed by atoms with van der Waals surface area (Å²) in [6.45, 7) is 14.3. The summed E-state index contributed by atoms with van der Waals surface area (Å²) >= 11 is 0. The SMILES string of the molecule is CCNC(=NCCOc1cccc(NC(C)=O)c1)NC1CN(C(C)C)CC1C. The molecular formula is C21H35N5O2. The number of carbonyl (C=O) groups excluding carboxylic acids is 1. The maximum atomic E-state index is 11.2. The molecule has 1 aliphatic rings. The molecule has 0 aliphatic carbocycles. The summed E-state index contributed by atoms with van der Waals surface area (Å²) in [6, 6.07) is 8.35. The lowest BCUT2D eigenvalue weighted by molar-refractivity contribution is -0.114. The minimum Gasteiger partial charge on any atom is -0.492 e. The molecule has 7 nitrogen and oxygen atoms in total. The van der Waals surface area contributed by atoms with Crippen LogP contribution in [0.15, 0.2) is 29.3 Å². The first-order chi connectivity index (χ1) is 13.4. The first-order valence-electron chi connectivity index (χ1n) is 10.2. The van der Waals surface area contributed by atoms with Crippen LogP contribution in [0.4, 0.5) is 5.69 Å². The average Bonchev–Trinajstić information content (AvgIpc) is 2.99. The largest absolute Gasteiger partial charge is 0.492 e. The van der Waals surface area contributed by atoms with Gasteiger partial charge in [0.2, 0.25) is 5.91 Å². The quantitative estimate of drug-likeness (QED) is 0.361. The first kappa shape index (κ1) is 22.0. The number of nitrogens with one attached hydrogen (secondary N) is 3. The van der Waals surface area contributed by atoms with E-state index in [1.165, 1.54) is 6.92 Å². The Labute approximate surface area is 168 Å². The van der Waals surface area contributed by atoms with Crippen LogP contribution in [0, 0.1) is 5.92 Å². The Kier molecular flexibility index (Phi) is 8.57. The molecule has 0 spiro atoms. The molecule has 1 saturated heterocycles. The van der Waals surface area contributed by atoms with Crippen molar-refractivity contribution < 1.29 is 9.53 Å². The van der Waals surface area contributed by atoms with Crippen LogP contribution in [-0.4, -0.2) is 61.6 Å². The van der Waals surface area contributed by atoms with E-state index >= 15 is 0 Å². The van der Waals surface area contributed by atoms with Gasteiger partial charge in [-0.25, -0.2) is 4.99 Å². The first-order valence-corrected chi connectivity index (χ1v) is 10.2. The van der Waals surface area contributed by atoms with E-state index in [9.17, 15) is 4.79 Å². The van der Waals surface area contributed by atoms with E-state index in [2.05, 4.69) is 53.5 Å². The highest BCUT2D eigenvalue weighted by atomic mass is 16.5. The summed E-state index contributed by atoms with van der Waals surface area (Å²) in [5, 5.41) is 9.65. The Hall–Kier alpha value is -2.28. The van der Waals surface area contributed by atoms with Gasteiger partial charge in [0.25, 0.3) is 0 Å². The third-order valence-corrected chi connectivity index (χ3v) is 4.82. The van der Waals surface area contributed by atoms with Crippen molar-refractivity contribution >= 4 is 17.6 Å². The van der Waals surface area contributed by atoms with Crippen LogP contribution in [0.1, 0.15) is 34.6 Å². The standard InChI is InChI=1S/C21H35N5O2/c1-6-22-21(25-20-14-26(15(2)3)13-16(20)4)23-10-11-28-19-9-7-8-18(12-19)24-17(5)27/h7-9,12,15-16,20H,6,10-11,13-14H2,1-5H3,(H,24,27)(H2,22,23,25). The number of ether oxygens (including phenoxy) is 1. The van der Waals surface area contributed by atoms with Gasteiger partial charge in [-0.05, 0) is 38.8 Å². The van der Waals surface area contributed by atoms with Crippen molar-refractivity contribution in [1.29, 1.82) is 0 Å². The number of likely N-dealkylation sites (tertiary alicyclic amines) is 1. The molecule has 1 heterocycles. The molecule has 1 aromatic carbocycles. The van der Waals surface area contributed by atoms with E-state index in [0.29, 0.717) is 31.2 Å². The van der Waals surface area contributed by atoms with Gasteiger partial charge in [-0.15, -0.1) is 0 Å². The van der Waals surface area contributed by atoms with Crippen molar-refractivity contribution in [1.82, 2.24) is 15.5 Å². The number of carbonyl (C=O) groups is 1. The molecule has 7 heteroatoms. The van der Waals surface area contributed by atoms with Gasteiger partial charge < -0.3 is 20.7 Å². The maximum Gasteiger partial charge on any atom is 0.221 e. The van der Waals surface area contributed by atoms with Crippen molar-refractivity contribution in [3.63, 3.8) is 0 Å². The molecule has 1 fully saturated rings. The van der Waals surface area contributed by atoms with Gasteiger partial charge in [-0.2, -0.15) is 0 Å². The number of amides is 1. The fraction of sp³-hybridized carbons (Fsp3) is 0.619. The van der Waals surface area contributed by atoms with Crippen LogP contribution in [0.25, 0.3) is 0 Å². The summed E-state index contributed by atoms with van der Waals surface area (Å²) in [4.78, 5) is 18.3. The minimum atomic E-state index is -0.0970. The summed E-state index contributed by atoms with van der Waals surface area (Å²) in [5.74, 6) is 2.04. The van der Waals surface area contributed by atoms with Crippen molar-refractivity contribution in [3.8, 4) is 5.75 Å². The molecule has 156 valence electrons. The predicted octanol–water partition coefficient (Wildman–Crippen LogP) is 2.31. The van der Waals surface area contributed by atoms with E-state index in [1.807, 2.05) is 24.3 Å². The fourth-order valence-electron chi connectivity index (χ4n) is 3.30. The summed E-state index contributed by atoms with van der Waals surface area (Å²) in [5.41, 5.74) is 0.730. The average molecular weight is 390 g/mol. The van der Waals surface area contributed by atoms with Crippen molar-refractivity contribution in [2.45, 2.75) is 46.7 Å². The Morgan fingerprint density at radius 2 is 2.14 bits per heavy atom. The van der Waals surface area contributed by atoms with Crippen molar-refractivity contribution in [3.05, 3.63) is 24.3 Å². The van der Waals surface area contributed by atoms with Gasteiger partial charge in [-0.1, -0.05) is 13.0 Å². The Morgan fingerprint density at radius 3 is 2.79 bits per heavy atom. The second-order valence-corrected chi connectivity index (χ2v) is 7.59. The molecule has 0 saturated carbocycles. The third-order valence-electron chi connectivity index (χ3n) is 4.82. The fourth-order valence-corrected chi connectivity index (χ4v) is 3.30. The molecule has 2 unspecified atom stereocenters. The van der Waals surface area contributed by atoms with Crippen LogP contribution >= 0.6 is 0 Å². The van der Waals surface area contributed by atoms with Crippen molar-refractivity contribution in [2.24, 2.45) is 10.9 Å². The zero-order valence-electron chi connectivity index (χ0n) is 17.8. The van der Waals surface area contributed by atoms with Gasteiger partial charge in [0.15, 0.2) is 5.96 Å². The normalized spacial score (nSPS) is 20.3. The minimum absolute atomic E-state index is 0.0970. The maximum absolute atomic E-state index is 11.2. The Balaban J connectivity index is 1.85. The number of nitrogens with zero attached hydrogens (tertiary/aromatic N) is 2. The van der Waals surface area contributed by atoms with Gasteiger partial charge in [-0.3, -0.25) is 9.69 Å². The van der Waals surface area contributed by atoms with Crippen LogP contribution in [0.2, 0.25) is 0 Å². The van der Waals surface area contributed by atoms with E-state index < -0.39 is 0 Å². The molecule has 0 bridgehead atoms. The molecular weight excluding hydrogens is 354 g/mol. The zero-order chi connectivity index (χ0) is 20.5. The molecule has 28 heavy (non-hydrogen) atoms. The zero-order valence-corrected chi connectivity index (χ0v) is 17.8. The molecule has 1 aromatic rings. The molecule has 0 aromatic heterocycles. The van der Waals surface area contributed by atoms with Crippen molar-refractivity contribution in [2.75, 3.05) is 38.1 Å². The number of guanidine groups is 1. The number of anilines is 1. The van der Waals surface area contributed by atoms with Crippen LogP contribution in [0.5, 0.6) is 5.75 Å². The molecule has 2 atom stereocenters. The number of benzene rings is 1. The molecule has 1 aliphatic heterocycles. The second-order valence-electron chi connectivity index (χ2n) is 7.59. The topological polar surface area (TPSA) is 78.0 Å². The monoisotopic (exact) mass is 389 g/mol. The molecule has 2 rings (SSSR count). The van der Waals surface area contributed by atoms with Crippen LogP contribution < -0.4 is 20.7 Å². The highest BCUT2D eigenvalue weighted by molar-refractivity contribution is 5.88. The van der Waals surface area contributed by atoms with E-state index in [1.54, 1.807) is 0 Å². The lowest BCUT2D eigenvalue weighted by Crippen LogP contribution is -2.47. The third kappa shape index (κ3) is 7.03. The highest BCUT2D eigenvalue weighted by Gasteiger charge is 2.31. The highest BCUT2D eigenvalue weighted by Crippen LogP contribution is 2.19. The number of hydrogen-bond donors (Lipinski definition) is 3. The lowest BCUT2D eigenvalue weighted by Gasteiger charge is -2.22.